The predicted molar refractivity (Wildman–Crippen MR) is 103 cm³/mol. The Kier molecular flexibility index (Phi) is 6.14. The van der Waals surface area contributed by atoms with E-state index in [1.54, 1.807) is 0 Å². The second kappa shape index (κ2) is 8.73. The molecule has 26 heavy (non-hydrogen) atoms. The number of nitrogens with zero attached hydrogens (tertiary/aromatic N) is 4. The first-order chi connectivity index (χ1) is 12.6. The van der Waals surface area contributed by atoms with Gasteiger partial charge in [0, 0.05) is 31.0 Å². The van der Waals surface area contributed by atoms with Gasteiger partial charge in [0.15, 0.2) is 5.96 Å². The number of aromatic nitrogens is 2. The highest BCUT2D eigenvalue weighted by Crippen LogP contribution is 2.11. The van der Waals surface area contributed by atoms with Crippen LogP contribution in [0.3, 0.4) is 0 Å². The van der Waals surface area contributed by atoms with E-state index in [-0.39, 0.29) is 6.10 Å². The molecule has 7 nitrogen and oxygen atoms in total. The molecule has 0 bridgehead atoms. The van der Waals surface area contributed by atoms with Crippen molar-refractivity contribution in [2.45, 2.75) is 26.5 Å². The van der Waals surface area contributed by atoms with Gasteiger partial charge in [-0.15, -0.1) is 0 Å². The standard InChI is InChI=1S/C19H26N6O/c1-14-10-15(2)23-19(22-14)24-18(20)21-11-17-13-25(8-9-26-17)12-16-6-4-3-5-7-16/h3-7,10,17H,8-9,11-13H2,1-2H3,(H3,20,21,22,23,24). The van der Waals surface area contributed by atoms with Crippen LogP contribution in [0.15, 0.2) is 41.4 Å². The summed E-state index contributed by atoms with van der Waals surface area (Å²) in [4.78, 5) is 15.4. The molecule has 1 saturated heterocycles. The molecule has 1 aromatic heterocycles. The lowest BCUT2D eigenvalue weighted by molar-refractivity contribution is -0.0257. The van der Waals surface area contributed by atoms with Crippen molar-refractivity contribution in [1.29, 1.82) is 0 Å². The number of nitrogens with one attached hydrogen (secondary N) is 1. The molecule has 0 saturated carbocycles. The van der Waals surface area contributed by atoms with Crippen LogP contribution in [0.4, 0.5) is 5.95 Å². The van der Waals surface area contributed by atoms with Gasteiger partial charge in [0.05, 0.1) is 19.3 Å². The fraction of sp³-hybridized carbons (Fsp3) is 0.421. The third-order valence-corrected chi connectivity index (χ3v) is 4.16. The lowest BCUT2D eigenvalue weighted by Gasteiger charge is -2.32. The molecule has 3 rings (SSSR count). The van der Waals surface area contributed by atoms with E-state index in [2.05, 4.69) is 49.4 Å². The Morgan fingerprint density at radius 1 is 1.27 bits per heavy atom. The molecule has 0 spiro atoms. The van der Waals surface area contributed by atoms with Crippen LogP contribution >= 0.6 is 0 Å². The van der Waals surface area contributed by atoms with Crippen molar-refractivity contribution in [3.05, 3.63) is 53.3 Å². The number of rotatable bonds is 5. The smallest absolute Gasteiger partial charge is 0.229 e. The van der Waals surface area contributed by atoms with E-state index >= 15 is 0 Å². The monoisotopic (exact) mass is 354 g/mol. The molecule has 1 aromatic carbocycles. The Bertz CT molecular complexity index is 729. The first-order valence-electron chi connectivity index (χ1n) is 8.85. The van der Waals surface area contributed by atoms with Gasteiger partial charge >= 0.3 is 0 Å². The minimum Gasteiger partial charge on any atom is -0.374 e. The molecular formula is C19H26N6O. The fourth-order valence-electron chi connectivity index (χ4n) is 3.01. The molecule has 1 unspecified atom stereocenters. The van der Waals surface area contributed by atoms with Gasteiger partial charge in [-0.1, -0.05) is 30.3 Å². The number of benzene rings is 1. The third-order valence-electron chi connectivity index (χ3n) is 4.16. The fourth-order valence-corrected chi connectivity index (χ4v) is 3.01. The van der Waals surface area contributed by atoms with Crippen LogP contribution in [0.25, 0.3) is 0 Å². The summed E-state index contributed by atoms with van der Waals surface area (Å²) in [5.74, 6) is 0.776. The molecule has 1 aliphatic heterocycles. The molecule has 7 heteroatoms. The summed E-state index contributed by atoms with van der Waals surface area (Å²) in [6.07, 6.45) is 0.0352. The third kappa shape index (κ3) is 5.50. The van der Waals surface area contributed by atoms with Crippen molar-refractivity contribution >= 4 is 11.9 Å². The summed E-state index contributed by atoms with van der Waals surface area (Å²) in [6.45, 7) is 7.75. The van der Waals surface area contributed by atoms with Crippen molar-refractivity contribution in [1.82, 2.24) is 14.9 Å². The maximum atomic E-state index is 5.97. The van der Waals surface area contributed by atoms with Gasteiger partial charge in [-0.05, 0) is 25.5 Å². The molecule has 1 aliphatic rings. The van der Waals surface area contributed by atoms with Gasteiger partial charge in [-0.3, -0.25) is 15.2 Å². The molecule has 1 fully saturated rings. The largest absolute Gasteiger partial charge is 0.374 e. The quantitative estimate of drug-likeness (QED) is 0.628. The van der Waals surface area contributed by atoms with Gasteiger partial charge in [0.1, 0.15) is 0 Å². The summed E-state index contributed by atoms with van der Waals surface area (Å²) in [5, 5.41) is 2.95. The lowest BCUT2D eigenvalue weighted by Crippen LogP contribution is -2.43. The molecule has 0 aliphatic carbocycles. The van der Waals surface area contributed by atoms with E-state index in [1.807, 2.05) is 26.0 Å². The highest BCUT2D eigenvalue weighted by molar-refractivity contribution is 5.90. The number of anilines is 1. The predicted octanol–water partition coefficient (Wildman–Crippen LogP) is 1.72. The van der Waals surface area contributed by atoms with Crippen LogP contribution < -0.4 is 11.1 Å². The van der Waals surface area contributed by atoms with Gasteiger partial charge in [0.2, 0.25) is 5.95 Å². The average Bonchev–Trinajstić information content (AvgIpc) is 2.60. The van der Waals surface area contributed by atoms with Crippen LogP contribution in [-0.2, 0) is 11.3 Å². The van der Waals surface area contributed by atoms with E-state index in [4.69, 9.17) is 10.5 Å². The zero-order valence-electron chi connectivity index (χ0n) is 15.4. The number of aryl methyl sites for hydroxylation is 2. The van der Waals surface area contributed by atoms with Crippen LogP contribution in [-0.4, -0.2) is 53.2 Å². The van der Waals surface area contributed by atoms with Crippen LogP contribution in [0.1, 0.15) is 17.0 Å². The second-order valence-electron chi connectivity index (χ2n) is 6.54. The van der Waals surface area contributed by atoms with Gasteiger partial charge in [0.25, 0.3) is 0 Å². The highest BCUT2D eigenvalue weighted by atomic mass is 16.5. The summed E-state index contributed by atoms with van der Waals surface area (Å²) >= 11 is 0. The van der Waals surface area contributed by atoms with Crippen molar-refractivity contribution < 1.29 is 4.74 Å². The van der Waals surface area contributed by atoms with Crippen molar-refractivity contribution in [2.24, 2.45) is 10.7 Å². The maximum absolute atomic E-state index is 5.97. The van der Waals surface area contributed by atoms with Crippen molar-refractivity contribution in [3.63, 3.8) is 0 Å². The van der Waals surface area contributed by atoms with E-state index in [0.29, 0.717) is 25.1 Å². The van der Waals surface area contributed by atoms with Gasteiger partial charge in [-0.2, -0.15) is 0 Å². The number of guanidine groups is 1. The molecule has 138 valence electrons. The molecule has 1 atom stereocenters. The summed E-state index contributed by atoms with van der Waals surface area (Å²) in [7, 11) is 0. The molecular weight excluding hydrogens is 328 g/mol. The zero-order chi connectivity index (χ0) is 18.4. The highest BCUT2D eigenvalue weighted by Gasteiger charge is 2.20. The number of nitrogens with two attached hydrogens (primary N) is 1. The van der Waals surface area contributed by atoms with Crippen molar-refractivity contribution in [3.8, 4) is 0 Å². The normalized spacial score (nSPS) is 18.7. The average molecular weight is 354 g/mol. The maximum Gasteiger partial charge on any atom is 0.229 e. The number of hydrogen-bond donors (Lipinski definition) is 2. The first kappa shape index (κ1) is 18.3. The van der Waals surface area contributed by atoms with Crippen LogP contribution in [0.2, 0.25) is 0 Å². The first-order valence-corrected chi connectivity index (χ1v) is 8.85. The Morgan fingerprint density at radius 2 is 2.00 bits per heavy atom. The second-order valence-corrected chi connectivity index (χ2v) is 6.54. The molecule has 2 heterocycles. The van der Waals surface area contributed by atoms with Crippen molar-refractivity contribution in [2.75, 3.05) is 31.6 Å². The summed E-state index contributed by atoms with van der Waals surface area (Å²) in [5.41, 5.74) is 9.06. The van der Waals surface area contributed by atoms with E-state index < -0.39 is 0 Å². The number of hydrogen-bond acceptors (Lipinski definition) is 5. The van der Waals surface area contributed by atoms with E-state index in [9.17, 15) is 0 Å². The van der Waals surface area contributed by atoms with Gasteiger partial charge in [-0.25, -0.2) is 9.97 Å². The lowest BCUT2D eigenvalue weighted by atomic mass is 10.2. The Hall–Kier alpha value is -2.51. The Balaban J connectivity index is 1.52. The van der Waals surface area contributed by atoms with E-state index in [0.717, 1.165) is 31.0 Å². The van der Waals surface area contributed by atoms with Gasteiger partial charge < -0.3 is 10.5 Å². The topological polar surface area (TPSA) is 88.7 Å². The molecule has 0 amide bonds. The SMILES string of the molecule is Cc1cc(C)nc(NC(N)=NCC2CN(Cc3ccccc3)CCO2)n1. The Labute approximate surface area is 154 Å². The molecule has 3 N–H and O–H groups in total. The summed E-state index contributed by atoms with van der Waals surface area (Å²) in [6, 6.07) is 12.4. The Morgan fingerprint density at radius 3 is 2.73 bits per heavy atom. The minimum atomic E-state index is 0.0352. The molecule has 0 radical (unpaired) electrons. The number of morpholine rings is 1. The van der Waals surface area contributed by atoms with E-state index in [1.165, 1.54) is 5.56 Å². The van der Waals surface area contributed by atoms with Crippen LogP contribution in [0, 0.1) is 13.8 Å². The summed E-state index contributed by atoms with van der Waals surface area (Å²) < 4.78 is 5.82. The molecule has 2 aromatic rings. The number of aliphatic imine (C=N–C) groups is 1. The zero-order valence-corrected chi connectivity index (χ0v) is 15.4. The van der Waals surface area contributed by atoms with Crippen LogP contribution in [0.5, 0.6) is 0 Å². The number of ether oxygens (including phenoxy) is 1. The minimum absolute atomic E-state index is 0.0352.